The maximum Gasteiger partial charge on any atom is 0.303 e. The van der Waals surface area contributed by atoms with Crippen molar-refractivity contribution in [2.75, 3.05) is 12.8 Å². The summed E-state index contributed by atoms with van der Waals surface area (Å²) >= 11 is 0. The van der Waals surface area contributed by atoms with E-state index >= 15 is 0 Å². The Balaban J connectivity index is 2.41. The van der Waals surface area contributed by atoms with Crippen molar-refractivity contribution in [3.63, 3.8) is 0 Å². The van der Waals surface area contributed by atoms with Crippen molar-refractivity contribution in [3.05, 3.63) is 29.6 Å². The third-order valence-corrected chi connectivity index (χ3v) is 5.23. The Morgan fingerprint density at radius 2 is 2.12 bits per heavy atom. The summed E-state index contributed by atoms with van der Waals surface area (Å²) < 4.78 is 45.3. The SMILES string of the molecule is CC1(C)CC(N(CCCC(=O)O)S(C)(=O)=O)c2cc(F)ccc2O1. The van der Waals surface area contributed by atoms with Gasteiger partial charge in [-0.25, -0.2) is 12.8 Å². The molecular formula is C16H22FNO5S. The average molecular weight is 359 g/mol. The van der Waals surface area contributed by atoms with Crippen LogP contribution >= 0.6 is 0 Å². The summed E-state index contributed by atoms with van der Waals surface area (Å²) in [7, 11) is -3.61. The number of nitrogens with zero attached hydrogens (tertiary/aromatic N) is 1. The lowest BCUT2D eigenvalue weighted by Gasteiger charge is -2.41. The van der Waals surface area contributed by atoms with Crippen LogP contribution in [0.2, 0.25) is 0 Å². The van der Waals surface area contributed by atoms with Gasteiger partial charge in [-0.2, -0.15) is 4.31 Å². The van der Waals surface area contributed by atoms with Gasteiger partial charge in [0.1, 0.15) is 17.2 Å². The summed E-state index contributed by atoms with van der Waals surface area (Å²) in [6.07, 6.45) is 1.48. The molecular weight excluding hydrogens is 337 g/mol. The summed E-state index contributed by atoms with van der Waals surface area (Å²) in [5.74, 6) is -1.01. The van der Waals surface area contributed by atoms with Gasteiger partial charge >= 0.3 is 5.97 Å². The van der Waals surface area contributed by atoms with Crippen LogP contribution in [-0.4, -0.2) is 42.2 Å². The predicted molar refractivity (Wildman–Crippen MR) is 86.9 cm³/mol. The maximum atomic E-state index is 13.7. The fraction of sp³-hybridized carbons (Fsp3) is 0.562. The number of fused-ring (bicyclic) bond motifs is 1. The van der Waals surface area contributed by atoms with E-state index in [0.29, 0.717) is 17.7 Å². The molecule has 0 saturated carbocycles. The number of aliphatic carboxylic acids is 1. The molecule has 1 aromatic rings. The minimum atomic E-state index is -3.61. The lowest BCUT2D eigenvalue weighted by Crippen LogP contribution is -2.44. The first kappa shape index (κ1) is 18.7. The monoisotopic (exact) mass is 359 g/mol. The van der Waals surface area contributed by atoms with E-state index in [9.17, 15) is 17.6 Å². The van der Waals surface area contributed by atoms with E-state index in [1.54, 1.807) is 0 Å². The number of benzene rings is 1. The van der Waals surface area contributed by atoms with Crippen molar-refractivity contribution in [2.45, 2.75) is 44.8 Å². The highest BCUT2D eigenvalue weighted by molar-refractivity contribution is 7.88. The van der Waals surface area contributed by atoms with Gasteiger partial charge in [-0.3, -0.25) is 4.79 Å². The third-order valence-electron chi connectivity index (χ3n) is 3.94. The van der Waals surface area contributed by atoms with E-state index in [4.69, 9.17) is 9.84 Å². The molecule has 1 heterocycles. The lowest BCUT2D eigenvalue weighted by atomic mass is 9.89. The van der Waals surface area contributed by atoms with Gasteiger partial charge in [-0.1, -0.05) is 0 Å². The van der Waals surface area contributed by atoms with Gasteiger partial charge in [-0.15, -0.1) is 0 Å². The minimum absolute atomic E-state index is 0.0574. The molecule has 1 N–H and O–H groups in total. The van der Waals surface area contributed by atoms with E-state index in [1.807, 2.05) is 13.8 Å². The molecule has 1 atom stereocenters. The average Bonchev–Trinajstić information content (AvgIpc) is 2.41. The van der Waals surface area contributed by atoms with Crippen molar-refractivity contribution in [1.29, 1.82) is 0 Å². The first-order valence-electron chi connectivity index (χ1n) is 7.67. The summed E-state index contributed by atoms with van der Waals surface area (Å²) in [4.78, 5) is 10.7. The van der Waals surface area contributed by atoms with Crippen LogP contribution in [-0.2, 0) is 14.8 Å². The number of halogens is 1. The standard InChI is InChI=1S/C16H22FNO5S/c1-16(2)10-13(12-9-11(17)6-7-14(12)23-16)18(24(3,21)22)8-4-5-15(19)20/h6-7,9,13H,4-5,8,10H2,1-3H3,(H,19,20). The predicted octanol–water partition coefficient (Wildman–Crippen LogP) is 2.55. The van der Waals surface area contributed by atoms with Gasteiger partial charge < -0.3 is 9.84 Å². The highest BCUT2D eigenvalue weighted by Crippen LogP contribution is 2.43. The second-order valence-electron chi connectivity index (χ2n) is 6.63. The Morgan fingerprint density at radius 3 is 2.71 bits per heavy atom. The maximum absolute atomic E-state index is 13.7. The smallest absolute Gasteiger partial charge is 0.303 e. The Kier molecular flexibility index (Phi) is 5.19. The summed E-state index contributed by atoms with van der Waals surface area (Å²) in [5, 5.41) is 8.78. The fourth-order valence-electron chi connectivity index (χ4n) is 2.98. The van der Waals surface area contributed by atoms with E-state index in [0.717, 1.165) is 6.26 Å². The number of rotatable bonds is 6. The van der Waals surface area contributed by atoms with Gasteiger partial charge in [0.15, 0.2) is 0 Å². The number of carbonyl (C=O) groups is 1. The van der Waals surface area contributed by atoms with Crippen LogP contribution in [0.15, 0.2) is 18.2 Å². The van der Waals surface area contributed by atoms with Gasteiger partial charge in [0.05, 0.1) is 12.3 Å². The largest absolute Gasteiger partial charge is 0.487 e. The van der Waals surface area contributed by atoms with Crippen molar-refractivity contribution in [2.24, 2.45) is 0 Å². The lowest BCUT2D eigenvalue weighted by molar-refractivity contribution is -0.137. The van der Waals surface area contributed by atoms with Gasteiger partial charge in [-0.05, 0) is 38.5 Å². The molecule has 1 aliphatic heterocycles. The molecule has 0 aliphatic carbocycles. The minimum Gasteiger partial charge on any atom is -0.487 e. The highest BCUT2D eigenvalue weighted by atomic mass is 32.2. The Morgan fingerprint density at radius 1 is 1.46 bits per heavy atom. The van der Waals surface area contributed by atoms with Gasteiger partial charge in [0.2, 0.25) is 10.0 Å². The van der Waals surface area contributed by atoms with Gasteiger partial charge in [0, 0.05) is 24.9 Å². The van der Waals surface area contributed by atoms with E-state index in [1.165, 1.54) is 22.5 Å². The molecule has 0 spiro atoms. The van der Waals surface area contributed by atoms with Crippen molar-refractivity contribution < 1.29 is 27.4 Å². The van der Waals surface area contributed by atoms with Crippen molar-refractivity contribution in [1.82, 2.24) is 4.31 Å². The normalized spacial score (nSPS) is 19.6. The number of sulfonamides is 1. The van der Waals surface area contributed by atoms with E-state index < -0.39 is 33.5 Å². The topological polar surface area (TPSA) is 83.9 Å². The summed E-state index contributed by atoms with van der Waals surface area (Å²) in [5.41, 5.74) is -0.152. The molecule has 8 heteroatoms. The molecule has 1 unspecified atom stereocenters. The Hall–Kier alpha value is -1.67. The van der Waals surface area contributed by atoms with Crippen molar-refractivity contribution in [3.8, 4) is 5.75 Å². The molecule has 1 aliphatic rings. The summed E-state index contributed by atoms with van der Waals surface area (Å²) in [6.45, 7) is 3.73. The van der Waals surface area contributed by atoms with E-state index in [-0.39, 0.29) is 19.4 Å². The summed E-state index contributed by atoms with van der Waals surface area (Å²) in [6, 6.07) is 3.45. The number of hydrogen-bond donors (Lipinski definition) is 1. The van der Waals surface area contributed by atoms with Crippen LogP contribution < -0.4 is 4.74 Å². The van der Waals surface area contributed by atoms with E-state index in [2.05, 4.69) is 0 Å². The van der Waals surface area contributed by atoms with Crippen LogP contribution in [0.25, 0.3) is 0 Å². The molecule has 0 saturated heterocycles. The molecule has 0 aromatic heterocycles. The molecule has 0 fully saturated rings. The first-order chi connectivity index (χ1) is 11.0. The molecule has 1 aromatic carbocycles. The third kappa shape index (κ3) is 4.45. The van der Waals surface area contributed by atoms with Gasteiger partial charge in [0.25, 0.3) is 0 Å². The second-order valence-corrected chi connectivity index (χ2v) is 8.57. The van der Waals surface area contributed by atoms with Crippen molar-refractivity contribution >= 4 is 16.0 Å². The number of carboxylic acid groups (broad SMARTS) is 1. The first-order valence-corrected chi connectivity index (χ1v) is 9.51. The van der Waals surface area contributed by atoms with Crippen LogP contribution in [0, 0.1) is 5.82 Å². The molecule has 6 nitrogen and oxygen atoms in total. The van der Waals surface area contributed by atoms with Crippen LogP contribution in [0.1, 0.15) is 44.7 Å². The molecule has 24 heavy (non-hydrogen) atoms. The van der Waals surface area contributed by atoms with Crippen LogP contribution in [0.4, 0.5) is 4.39 Å². The zero-order chi connectivity index (χ0) is 18.1. The molecule has 134 valence electrons. The Labute approximate surface area is 141 Å². The molecule has 2 rings (SSSR count). The molecule has 0 radical (unpaired) electrons. The number of ether oxygens (including phenoxy) is 1. The Bertz CT molecular complexity index is 732. The zero-order valence-corrected chi connectivity index (χ0v) is 14.8. The zero-order valence-electron chi connectivity index (χ0n) is 14.0. The quantitative estimate of drug-likeness (QED) is 0.844. The van der Waals surface area contributed by atoms with Crippen LogP contribution in [0.5, 0.6) is 5.75 Å². The second kappa shape index (κ2) is 6.68. The number of carboxylic acids is 1. The fourth-order valence-corrected chi connectivity index (χ4v) is 4.09. The molecule has 0 amide bonds. The number of hydrogen-bond acceptors (Lipinski definition) is 4. The molecule has 0 bridgehead atoms. The van der Waals surface area contributed by atoms with Crippen LogP contribution in [0.3, 0.4) is 0 Å². The highest BCUT2D eigenvalue weighted by Gasteiger charge is 2.39.